The third-order valence-corrected chi connectivity index (χ3v) is 11.7. The van der Waals surface area contributed by atoms with Gasteiger partial charge in [-0.2, -0.15) is 0 Å². The molecule has 9 nitrogen and oxygen atoms in total. The number of ether oxygens (including phenoxy) is 4. The number of benzene rings is 2. The Hall–Kier alpha value is -3.95. The van der Waals surface area contributed by atoms with Crippen molar-refractivity contribution in [3.8, 4) is 0 Å². The fourth-order valence-corrected chi connectivity index (χ4v) is 9.01. The van der Waals surface area contributed by atoms with Crippen molar-refractivity contribution in [2.75, 3.05) is 14.2 Å². The maximum absolute atomic E-state index is 13.9. The molecular formula is C41H52N2O7. The zero-order valence-corrected chi connectivity index (χ0v) is 30.8. The minimum atomic E-state index is -0.842. The van der Waals surface area contributed by atoms with Crippen molar-refractivity contribution in [3.63, 3.8) is 0 Å². The number of aryl methyl sites for hydroxylation is 4. The van der Waals surface area contributed by atoms with Gasteiger partial charge in [-0.05, 0) is 115 Å². The molecule has 9 heteroatoms. The van der Waals surface area contributed by atoms with Gasteiger partial charge in [0.15, 0.2) is 0 Å². The van der Waals surface area contributed by atoms with Crippen molar-refractivity contribution >= 4 is 29.1 Å². The molecule has 2 saturated carbocycles. The number of carbonyl (C=O) groups is 3. The molecule has 2 amide bonds. The van der Waals surface area contributed by atoms with E-state index >= 15 is 0 Å². The number of nitrogens with one attached hydrogen (secondary N) is 2. The highest BCUT2D eigenvalue weighted by molar-refractivity contribution is 6.25. The van der Waals surface area contributed by atoms with Crippen molar-refractivity contribution in [1.29, 1.82) is 0 Å². The summed E-state index contributed by atoms with van der Waals surface area (Å²) in [5.41, 5.74) is 7.07. The van der Waals surface area contributed by atoms with Crippen LogP contribution in [0.25, 0.3) is 11.1 Å². The van der Waals surface area contributed by atoms with Crippen LogP contribution in [0.3, 0.4) is 0 Å². The molecule has 2 unspecified atom stereocenters. The van der Waals surface area contributed by atoms with E-state index < -0.39 is 29.4 Å². The highest BCUT2D eigenvalue weighted by Gasteiger charge is 2.52. The van der Waals surface area contributed by atoms with Gasteiger partial charge in [0.1, 0.15) is 12.2 Å². The Morgan fingerprint density at radius 3 is 1.36 bits per heavy atom. The summed E-state index contributed by atoms with van der Waals surface area (Å²) in [5.74, 6) is -0.316. The van der Waals surface area contributed by atoms with E-state index in [-0.39, 0.29) is 24.0 Å². The van der Waals surface area contributed by atoms with Crippen molar-refractivity contribution in [2.45, 2.75) is 128 Å². The van der Waals surface area contributed by atoms with Gasteiger partial charge in [-0.15, -0.1) is 0 Å². The lowest BCUT2D eigenvalue weighted by Gasteiger charge is -2.41. The number of carbonyl (C=O) groups excluding carboxylic acids is 3. The average molecular weight is 685 g/mol. The Bertz CT molecular complexity index is 1620. The van der Waals surface area contributed by atoms with Gasteiger partial charge < -0.3 is 29.6 Å². The Labute approximate surface area is 296 Å². The van der Waals surface area contributed by atoms with Crippen LogP contribution in [0.2, 0.25) is 0 Å². The van der Waals surface area contributed by atoms with E-state index in [0.29, 0.717) is 36.8 Å². The summed E-state index contributed by atoms with van der Waals surface area (Å²) in [4.78, 5) is 41.6. The van der Waals surface area contributed by atoms with Crippen LogP contribution in [0.1, 0.15) is 98.6 Å². The van der Waals surface area contributed by atoms with Crippen LogP contribution in [-0.2, 0) is 28.5 Å². The molecule has 6 rings (SSSR count). The number of rotatable bonds is 8. The number of amides is 2. The Morgan fingerprint density at radius 1 is 0.660 bits per heavy atom. The second-order valence-corrected chi connectivity index (χ2v) is 14.9. The fraction of sp³-hybridized carbons (Fsp3) is 0.537. The fourth-order valence-electron chi connectivity index (χ4n) is 9.01. The Balaban J connectivity index is 1.34. The number of hydrogen-bond donors (Lipinski definition) is 2. The summed E-state index contributed by atoms with van der Waals surface area (Å²) in [6.45, 7) is 11.7. The van der Waals surface area contributed by atoms with Gasteiger partial charge in [0.2, 0.25) is 0 Å². The highest BCUT2D eigenvalue weighted by atomic mass is 16.7. The minimum absolute atomic E-state index is 0.110. The van der Waals surface area contributed by atoms with Crippen LogP contribution in [0.4, 0.5) is 4.79 Å². The third-order valence-electron chi connectivity index (χ3n) is 11.7. The first-order valence-electron chi connectivity index (χ1n) is 18.0. The third kappa shape index (κ3) is 6.50. The maximum atomic E-state index is 13.9. The van der Waals surface area contributed by atoms with E-state index in [1.165, 1.54) is 0 Å². The lowest BCUT2D eigenvalue weighted by atomic mass is 9.73. The first kappa shape index (κ1) is 35.9. The second kappa shape index (κ2) is 14.0. The van der Waals surface area contributed by atoms with Gasteiger partial charge in [-0.3, -0.25) is 9.59 Å². The van der Waals surface area contributed by atoms with Crippen LogP contribution in [0, 0.1) is 27.7 Å². The van der Waals surface area contributed by atoms with Crippen molar-refractivity contribution in [1.82, 2.24) is 10.6 Å². The van der Waals surface area contributed by atoms with Gasteiger partial charge in [0.25, 0.3) is 11.8 Å². The van der Waals surface area contributed by atoms with Crippen LogP contribution in [0.15, 0.2) is 47.5 Å². The molecule has 0 radical (unpaired) electrons. The molecule has 2 heterocycles. The van der Waals surface area contributed by atoms with Crippen molar-refractivity contribution in [3.05, 3.63) is 80.9 Å². The van der Waals surface area contributed by atoms with E-state index in [2.05, 4.69) is 10.6 Å². The largest absolute Gasteiger partial charge is 0.509 e. The Kier molecular flexibility index (Phi) is 10.0. The predicted octanol–water partition coefficient (Wildman–Crippen LogP) is 6.97. The van der Waals surface area contributed by atoms with E-state index in [4.69, 9.17) is 18.9 Å². The number of hydrogen-bond acceptors (Lipinski definition) is 7. The molecule has 2 aliphatic carbocycles. The zero-order valence-electron chi connectivity index (χ0n) is 30.8. The molecule has 268 valence electrons. The minimum Gasteiger partial charge on any atom is -0.427 e. The molecule has 2 atom stereocenters. The quantitative estimate of drug-likeness (QED) is 0.289. The van der Waals surface area contributed by atoms with E-state index in [0.717, 1.165) is 70.2 Å². The first-order valence-corrected chi connectivity index (χ1v) is 18.0. The summed E-state index contributed by atoms with van der Waals surface area (Å²) in [6, 6.07) is 12.2. The summed E-state index contributed by atoms with van der Waals surface area (Å²) in [7, 11) is 3.44. The standard InChI is InChI=1S/C41H52N2O7/c1-23-9-11-25(3)31(21-23)33-35(40(42-37(33)44)17-13-29(47-7)14-18-40)27(5)49-39(46)50-28(6)36-34(32-22-24(2)10-12-26(32)4)38(45)43-41(36)19-15-30(48-8)16-20-41/h9-12,21-22,27-30H,13-20H2,1-8H3,(H,42,44)(H,43,45). The van der Waals surface area contributed by atoms with Gasteiger partial charge in [0, 0.05) is 25.4 Å². The molecule has 0 bridgehead atoms. The van der Waals surface area contributed by atoms with Gasteiger partial charge in [0.05, 0.1) is 34.4 Å². The van der Waals surface area contributed by atoms with Gasteiger partial charge >= 0.3 is 6.16 Å². The van der Waals surface area contributed by atoms with Crippen molar-refractivity contribution < 1.29 is 33.3 Å². The lowest BCUT2D eigenvalue weighted by Crippen LogP contribution is -2.51. The molecule has 2 aromatic rings. The summed E-state index contributed by atoms with van der Waals surface area (Å²) < 4.78 is 23.6. The van der Waals surface area contributed by atoms with Crippen LogP contribution < -0.4 is 10.6 Å². The SMILES string of the molecule is COC1CCC2(CC1)NC(=O)C(c1cc(C)ccc1C)=C2C(C)OC(=O)OC(C)C1=C(c2cc(C)ccc2C)C(=O)NC12CCC(OC)CC2. The van der Waals surface area contributed by atoms with Gasteiger partial charge in [-0.25, -0.2) is 4.79 Å². The van der Waals surface area contributed by atoms with Crippen LogP contribution in [-0.4, -0.2) is 67.7 Å². The summed E-state index contributed by atoms with van der Waals surface area (Å²) in [5, 5.41) is 6.64. The smallest absolute Gasteiger partial charge is 0.427 e. The lowest BCUT2D eigenvalue weighted by molar-refractivity contribution is -0.117. The molecule has 2 aliphatic heterocycles. The van der Waals surface area contributed by atoms with Crippen molar-refractivity contribution in [2.24, 2.45) is 0 Å². The summed E-state index contributed by atoms with van der Waals surface area (Å²) >= 11 is 0. The van der Waals surface area contributed by atoms with E-state index in [1.807, 2.05) is 77.9 Å². The second-order valence-electron chi connectivity index (χ2n) is 14.9. The molecule has 4 aliphatic rings. The molecule has 2 aromatic carbocycles. The molecule has 2 fully saturated rings. The van der Waals surface area contributed by atoms with E-state index in [9.17, 15) is 14.4 Å². The zero-order chi connectivity index (χ0) is 36.0. The topological polar surface area (TPSA) is 112 Å². The molecule has 2 spiro atoms. The normalized spacial score (nSPS) is 27.8. The van der Waals surface area contributed by atoms with Crippen LogP contribution >= 0.6 is 0 Å². The van der Waals surface area contributed by atoms with Crippen LogP contribution in [0.5, 0.6) is 0 Å². The van der Waals surface area contributed by atoms with Gasteiger partial charge in [-0.1, -0.05) is 47.5 Å². The van der Waals surface area contributed by atoms with E-state index in [1.54, 1.807) is 14.2 Å². The molecule has 2 N–H and O–H groups in total. The summed E-state index contributed by atoms with van der Waals surface area (Å²) in [6.07, 6.45) is 3.64. The molecule has 50 heavy (non-hydrogen) atoms. The molecule has 0 saturated heterocycles. The first-order chi connectivity index (χ1) is 23.8. The highest BCUT2D eigenvalue weighted by Crippen LogP contribution is 2.48. The monoisotopic (exact) mass is 684 g/mol. The maximum Gasteiger partial charge on any atom is 0.509 e. The number of methoxy groups -OCH3 is 2. The predicted molar refractivity (Wildman–Crippen MR) is 192 cm³/mol. The average Bonchev–Trinajstić information content (AvgIpc) is 3.53. The molecular weight excluding hydrogens is 632 g/mol. The molecule has 0 aromatic heterocycles. The Morgan fingerprint density at radius 2 is 1.02 bits per heavy atom.